The molecule has 0 bridgehead atoms. The molecule has 0 aliphatic carbocycles. The molecule has 0 aliphatic heterocycles. The summed E-state index contributed by atoms with van der Waals surface area (Å²) >= 11 is 0. The number of hydrogen-bond acceptors (Lipinski definition) is 4. The molecule has 0 spiro atoms. The van der Waals surface area contributed by atoms with Crippen LogP contribution in [0.25, 0.3) is 10.9 Å². The minimum Gasteiger partial charge on any atom is -0.497 e. The summed E-state index contributed by atoms with van der Waals surface area (Å²) in [6.07, 6.45) is 6.50. The number of unbranched alkanes of at least 4 members (excludes halogenated alkanes) is 3. The molecule has 7 nitrogen and oxygen atoms in total. The standard InChI is InChI=1S/C24H29N3O4/c1-31-20-11-12-22-21(15-20)19(16-26-22)14-17-7-9-18(10-8-17)24(29)25-13-5-3-2-4-6-23(28)27-30/h7-12,15-16,26,30H,2-6,13-14H2,1H3,(H,25,29)(H,27,28). The minimum absolute atomic E-state index is 0.0805. The third-order valence-electron chi connectivity index (χ3n) is 5.33. The highest BCUT2D eigenvalue weighted by Gasteiger charge is 2.08. The van der Waals surface area contributed by atoms with Gasteiger partial charge in [-0.05, 0) is 60.7 Å². The molecule has 31 heavy (non-hydrogen) atoms. The predicted molar refractivity (Wildman–Crippen MR) is 119 cm³/mol. The topological polar surface area (TPSA) is 103 Å². The van der Waals surface area contributed by atoms with Gasteiger partial charge in [0.25, 0.3) is 5.91 Å². The molecule has 0 unspecified atom stereocenters. The number of hydrogen-bond donors (Lipinski definition) is 4. The maximum atomic E-state index is 12.3. The summed E-state index contributed by atoms with van der Waals surface area (Å²) in [5.41, 5.74) is 5.66. The van der Waals surface area contributed by atoms with Crippen LogP contribution in [0.1, 0.15) is 53.6 Å². The fraction of sp³-hybridized carbons (Fsp3) is 0.333. The summed E-state index contributed by atoms with van der Waals surface area (Å²) in [7, 11) is 1.66. The molecule has 3 aromatic rings. The van der Waals surface area contributed by atoms with Crippen molar-refractivity contribution in [1.29, 1.82) is 0 Å². The van der Waals surface area contributed by atoms with Crippen LogP contribution in [0.15, 0.2) is 48.7 Å². The van der Waals surface area contributed by atoms with E-state index in [0.29, 0.717) is 18.5 Å². The molecule has 0 fully saturated rings. The Hall–Kier alpha value is -3.32. The summed E-state index contributed by atoms with van der Waals surface area (Å²) in [6, 6.07) is 13.7. The summed E-state index contributed by atoms with van der Waals surface area (Å²) in [4.78, 5) is 26.5. The molecular formula is C24H29N3O4. The number of H-pyrrole nitrogens is 1. The Labute approximate surface area is 181 Å². The average Bonchev–Trinajstić information content (AvgIpc) is 3.20. The molecule has 2 aromatic carbocycles. The van der Waals surface area contributed by atoms with Gasteiger partial charge in [-0.1, -0.05) is 25.0 Å². The number of rotatable bonds is 11. The molecule has 1 heterocycles. The van der Waals surface area contributed by atoms with Crippen molar-refractivity contribution in [2.45, 2.75) is 38.5 Å². The summed E-state index contributed by atoms with van der Waals surface area (Å²) in [6.45, 7) is 0.601. The average molecular weight is 424 g/mol. The first kappa shape index (κ1) is 22.4. The zero-order chi connectivity index (χ0) is 22.1. The van der Waals surface area contributed by atoms with Crippen molar-refractivity contribution in [3.8, 4) is 5.75 Å². The van der Waals surface area contributed by atoms with Crippen LogP contribution in [0.4, 0.5) is 0 Å². The third-order valence-corrected chi connectivity index (χ3v) is 5.33. The molecule has 4 N–H and O–H groups in total. The molecule has 0 atom stereocenters. The number of carbonyl (C=O) groups excluding carboxylic acids is 2. The second-order valence-corrected chi connectivity index (χ2v) is 7.55. The van der Waals surface area contributed by atoms with E-state index >= 15 is 0 Å². The van der Waals surface area contributed by atoms with Gasteiger partial charge in [0.05, 0.1) is 7.11 Å². The first-order chi connectivity index (χ1) is 15.1. The minimum atomic E-state index is -0.360. The van der Waals surface area contributed by atoms with Crippen molar-refractivity contribution in [3.63, 3.8) is 0 Å². The Balaban J connectivity index is 1.45. The number of amides is 2. The van der Waals surface area contributed by atoms with E-state index < -0.39 is 0 Å². The van der Waals surface area contributed by atoms with E-state index in [1.165, 1.54) is 5.56 Å². The zero-order valence-corrected chi connectivity index (χ0v) is 17.7. The number of aromatic nitrogens is 1. The molecule has 0 radical (unpaired) electrons. The number of methoxy groups -OCH3 is 1. The second-order valence-electron chi connectivity index (χ2n) is 7.55. The van der Waals surface area contributed by atoms with Crippen LogP contribution in [-0.4, -0.2) is 35.7 Å². The van der Waals surface area contributed by atoms with Gasteiger partial charge in [-0.3, -0.25) is 14.8 Å². The first-order valence-corrected chi connectivity index (χ1v) is 10.5. The Morgan fingerprint density at radius 1 is 1.03 bits per heavy atom. The van der Waals surface area contributed by atoms with Crippen LogP contribution in [0, 0.1) is 0 Å². The highest BCUT2D eigenvalue weighted by atomic mass is 16.5. The van der Waals surface area contributed by atoms with Crippen molar-refractivity contribution in [2.24, 2.45) is 0 Å². The van der Waals surface area contributed by atoms with Crippen LogP contribution in [0.2, 0.25) is 0 Å². The van der Waals surface area contributed by atoms with Crippen LogP contribution in [0.5, 0.6) is 5.75 Å². The molecule has 164 valence electrons. The van der Waals surface area contributed by atoms with E-state index in [1.807, 2.05) is 48.7 Å². The smallest absolute Gasteiger partial charge is 0.251 e. The fourth-order valence-electron chi connectivity index (χ4n) is 3.55. The number of nitrogens with one attached hydrogen (secondary N) is 3. The van der Waals surface area contributed by atoms with Crippen molar-refractivity contribution < 1.29 is 19.5 Å². The highest BCUT2D eigenvalue weighted by Crippen LogP contribution is 2.25. The third kappa shape index (κ3) is 6.33. The number of hydroxylamine groups is 1. The van der Waals surface area contributed by atoms with Gasteiger partial charge < -0.3 is 15.0 Å². The number of aromatic amines is 1. The van der Waals surface area contributed by atoms with E-state index in [2.05, 4.69) is 10.3 Å². The van der Waals surface area contributed by atoms with Crippen LogP contribution in [-0.2, 0) is 11.2 Å². The molecule has 7 heteroatoms. The molecule has 0 aliphatic rings. The van der Waals surface area contributed by atoms with Crippen molar-refractivity contribution in [2.75, 3.05) is 13.7 Å². The van der Waals surface area contributed by atoms with Gasteiger partial charge in [-0.2, -0.15) is 0 Å². The zero-order valence-electron chi connectivity index (χ0n) is 17.7. The lowest BCUT2D eigenvalue weighted by molar-refractivity contribution is -0.129. The fourth-order valence-corrected chi connectivity index (χ4v) is 3.55. The maximum absolute atomic E-state index is 12.3. The monoisotopic (exact) mass is 423 g/mol. The quantitative estimate of drug-likeness (QED) is 0.213. The van der Waals surface area contributed by atoms with Gasteiger partial charge in [-0.25, -0.2) is 5.48 Å². The molecule has 2 amide bonds. The van der Waals surface area contributed by atoms with Gasteiger partial charge >= 0.3 is 0 Å². The number of ether oxygens (including phenoxy) is 1. The van der Waals surface area contributed by atoms with E-state index in [9.17, 15) is 9.59 Å². The van der Waals surface area contributed by atoms with Gasteiger partial charge in [0.15, 0.2) is 0 Å². The molecular weight excluding hydrogens is 394 g/mol. The van der Waals surface area contributed by atoms with Crippen LogP contribution >= 0.6 is 0 Å². The van der Waals surface area contributed by atoms with Crippen molar-refractivity contribution >= 4 is 22.7 Å². The van der Waals surface area contributed by atoms with E-state index in [-0.39, 0.29) is 11.8 Å². The Morgan fingerprint density at radius 3 is 2.55 bits per heavy atom. The SMILES string of the molecule is COc1ccc2[nH]cc(Cc3ccc(C(=O)NCCCCCCC(=O)NO)cc3)c2c1. The summed E-state index contributed by atoms with van der Waals surface area (Å²) in [5.74, 6) is 0.389. The van der Waals surface area contributed by atoms with E-state index in [4.69, 9.17) is 9.94 Å². The van der Waals surface area contributed by atoms with E-state index in [1.54, 1.807) is 12.6 Å². The van der Waals surface area contributed by atoms with Crippen LogP contribution in [0.3, 0.4) is 0 Å². The highest BCUT2D eigenvalue weighted by molar-refractivity contribution is 5.94. The second kappa shape index (κ2) is 11.2. The lowest BCUT2D eigenvalue weighted by atomic mass is 10.0. The molecule has 0 saturated carbocycles. The number of fused-ring (bicyclic) bond motifs is 1. The first-order valence-electron chi connectivity index (χ1n) is 10.5. The summed E-state index contributed by atoms with van der Waals surface area (Å²) < 4.78 is 5.33. The Kier molecular flexibility index (Phi) is 8.06. The number of carbonyl (C=O) groups is 2. The largest absolute Gasteiger partial charge is 0.497 e. The normalized spacial score (nSPS) is 10.8. The Bertz CT molecular complexity index is 1010. The molecule has 3 rings (SSSR count). The van der Waals surface area contributed by atoms with Gasteiger partial charge in [-0.15, -0.1) is 0 Å². The summed E-state index contributed by atoms with van der Waals surface area (Å²) in [5, 5.41) is 12.5. The Morgan fingerprint density at radius 2 is 1.81 bits per heavy atom. The van der Waals surface area contributed by atoms with Crippen molar-refractivity contribution in [3.05, 3.63) is 65.4 Å². The van der Waals surface area contributed by atoms with E-state index in [0.717, 1.165) is 54.3 Å². The predicted octanol–water partition coefficient (Wildman–Crippen LogP) is 3.95. The van der Waals surface area contributed by atoms with Gasteiger partial charge in [0.2, 0.25) is 5.91 Å². The lowest BCUT2D eigenvalue weighted by Crippen LogP contribution is -2.24. The van der Waals surface area contributed by atoms with Crippen molar-refractivity contribution in [1.82, 2.24) is 15.8 Å². The lowest BCUT2D eigenvalue weighted by Gasteiger charge is -2.07. The van der Waals surface area contributed by atoms with Crippen LogP contribution < -0.4 is 15.5 Å². The maximum Gasteiger partial charge on any atom is 0.251 e. The number of benzene rings is 2. The molecule has 0 saturated heterocycles. The van der Waals surface area contributed by atoms with Gasteiger partial charge in [0.1, 0.15) is 5.75 Å². The van der Waals surface area contributed by atoms with Gasteiger partial charge in [0, 0.05) is 35.6 Å². The molecule has 1 aromatic heterocycles.